The van der Waals surface area contributed by atoms with E-state index in [0.717, 1.165) is 18.6 Å². The third-order valence-corrected chi connectivity index (χ3v) is 5.91. The number of ether oxygens (including phenoxy) is 1. The van der Waals surface area contributed by atoms with Gasteiger partial charge in [-0.25, -0.2) is 0 Å². The zero-order chi connectivity index (χ0) is 27.7. The molecule has 0 spiro atoms. The predicted octanol–water partition coefficient (Wildman–Crippen LogP) is -3.23. The van der Waals surface area contributed by atoms with Crippen LogP contribution in [0.4, 0.5) is 0 Å². The van der Waals surface area contributed by atoms with Gasteiger partial charge in [-0.05, 0) is 18.9 Å². The summed E-state index contributed by atoms with van der Waals surface area (Å²) in [6.07, 6.45) is 5.30. The van der Waals surface area contributed by atoms with E-state index >= 15 is 0 Å². The Morgan fingerprint density at radius 1 is 1.03 bits per heavy atom. The minimum atomic E-state index is -0.651. The van der Waals surface area contributed by atoms with Crippen LogP contribution in [-0.2, 0) is 38.3 Å². The fourth-order valence-electron chi connectivity index (χ4n) is 3.44. The lowest BCUT2D eigenvalue weighted by atomic mass is 9.69. The van der Waals surface area contributed by atoms with Gasteiger partial charge in [0.15, 0.2) is 0 Å². The van der Waals surface area contributed by atoms with Crippen LogP contribution in [0.5, 0.6) is 0 Å². The Bertz CT molecular complexity index is 858. The first-order valence-electron chi connectivity index (χ1n) is 11.9. The number of nitrogens with zero attached hydrogens (tertiary/aromatic N) is 1. The van der Waals surface area contributed by atoms with Gasteiger partial charge in [0.05, 0.1) is 44.3 Å². The number of carbonyl (C=O) groups is 7. The van der Waals surface area contributed by atoms with E-state index in [0.29, 0.717) is 25.4 Å². The standard InChI is InChI=1S/C23H36N6O8/c1-29(21(35)4-2-9-30)17(13-25-7-10-31)12-18(32)27-15-20(34)28-14-19(33)26-8-11-37-16-23(22(24)36)5-3-6-23/h2,4,9-10,17,25H,3,5-8,11-16H2,1H3,(H2,24,36)(H,26,33)(H,27,32)(H,28,34)/b4-2-. The number of hydrogen-bond acceptors (Lipinski definition) is 9. The quantitative estimate of drug-likeness (QED) is 0.0653. The molecule has 0 aliphatic heterocycles. The summed E-state index contributed by atoms with van der Waals surface area (Å²) in [6, 6.07) is -0.651. The molecule has 0 bridgehead atoms. The average molecular weight is 525 g/mol. The van der Waals surface area contributed by atoms with E-state index in [1.807, 2.05) is 0 Å². The van der Waals surface area contributed by atoms with Crippen LogP contribution in [0.1, 0.15) is 25.7 Å². The van der Waals surface area contributed by atoms with Crippen molar-refractivity contribution in [1.29, 1.82) is 0 Å². The highest BCUT2D eigenvalue weighted by atomic mass is 16.5. The van der Waals surface area contributed by atoms with Crippen LogP contribution >= 0.6 is 0 Å². The minimum Gasteiger partial charge on any atom is -0.379 e. The maximum absolute atomic E-state index is 12.3. The van der Waals surface area contributed by atoms with E-state index in [1.165, 1.54) is 11.9 Å². The molecular weight excluding hydrogens is 488 g/mol. The van der Waals surface area contributed by atoms with E-state index in [9.17, 15) is 33.6 Å². The summed E-state index contributed by atoms with van der Waals surface area (Å²) < 4.78 is 5.44. The van der Waals surface area contributed by atoms with Crippen molar-refractivity contribution in [2.45, 2.75) is 31.7 Å². The Morgan fingerprint density at radius 2 is 1.68 bits per heavy atom. The van der Waals surface area contributed by atoms with Crippen molar-refractivity contribution >= 4 is 42.1 Å². The summed E-state index contributed by atoms with van der Waals surface area (Å²) in [4.78, 5) is 81.9. The van der Waals surface area contributed by atoms with Gasteiger partial charge in [0, 0.05) is 32.6 Å². The number of rotatable bonds is 19. The van der Waals surface area contributed by atoms with Gasteiger partial charge in [-0.1, -0.05) is 6.42 Å². The zero-order valence-corrected chi connectivity index (χ0v) is 21.0. The first-order valence-corrected chi connectivity index (χ1v) is 11.9. The van der Waals surface area contributed by atoms with Crippen LogP contribution in [0.25, 0.3) is 0 Å². The van der Waals surface area contributed by atoms with Gasteiger partial charge in [0.1, 0.15) is 12.6 Å². The van der Waals surface area contributed by atoms with Crippen LogP contribution in [0, 0.1) is 5.41 Å². The summed E-state index contributed by atoms with van der Waals surface area (Å²) >= 11 is 0. The average Bonchev–Trinajstić information content (AvgIpc) is 2.84. The normalized spacial score (nSPS) is 14.6. The van der Waals surface area contributed by atoms with Gasteiger partial charge in [0.25, 0.3) is 0 Å². The number of aldehydes is 2. The molecule has 14 heteroatoms. The van der Waals surface area contributed by atoms with Gasteiger partial charge >= 0.3 is 0 Å². The van der Waals surface area contributed by atoms with Gasteiger partial charge in [-0.15, -0.1) is 0 Å². The van der Waals surface area contributed by atoms with Crippen molar-refractivity contribution in [3.8, 4) is 0 Å². The third kappa shape index (κ3) is 11.8. The van der Waals surface area contributed by atoms with Crippen LogP contribution in [0.3, 0.4) is 0 Å². The van der Waals surface area contributed by atoms with Crippen molar-refractivity contribution in [3.05, 3.63) is 12.2 Å². The highest BCUT2D eigenvalue weighted by molar-refractivity contribution is 5.92. The SMILES string of the molecule is CN(C(=O)/C=C\C=O)C(CNCC=O)CC(=O)NCC(=O)NCC(=O)NCCOCC1(C(N)=O)CCC1. The van der Waals surface area contributed by atoms with Gasteiger partial charge in [-0.2, -0.15) is 0 Å². The third-order valence-electron chi connectivity index (χ3n) is 5.91. The zero-order valence-electron chi connectivity index (χ0n) is 21.0. The molecule has 206 valence electrons. The second kappa shape index (κ2) is 16.9. The van der Waals surface area contributed by atoms with E-state index in [2.05, 4.69) is 21.3 Å². The maximum atomic E-state index is 12.3. The van der Waals surface area contributed by atoms with Crippen molar-refractivity contribution in [3.63, 3.8) is 0 Å². The number of allylic oxidation sites excluding steroid dienone is 1. The molecule has 0 aromatic rings. The molecule has 1 saturated carbocycles. The van der Waals surface area contributed by atoms with Gasteiger partial charge in [-0.3, -0.25) is 28.8 Å². The summed E-state index contributed by atoms with van der Waals surface area (Å²) in [5, 5.41) is 10.1. The summed E-state index contributed by atoms with van der Waals surface area (Å²) in [5.41, 5.74) is 4.79. The maximum Gasteiger partial charge on any atom is 0.246 e. The first-order chi connectivity index (χ1) is 17.6. The van der Waals surface area contributed by atoms with Crippen LogP contribution in [0.15, 0.2) is 12.2 Å². The number of primary amides is 1. The second-order valence-corrected chi connectivity index (χ2v) is 8.58. The topological polar surface area (TPSA) is 206 Å². The van der Waals surface area contributed by atoms with E-state index in [-0.39, 0.29) is 58.3 Å². The van der Waals surface area contributed by atoms with Crippen molar-refractivity contribution < 1.29 is 38.3 Å². The molecule has 1 aliphatic carbocycles. The van der Waals surface area contributed by atoms with Crippen LogP contribution in [0.2, 0.25) is 0 Å². The predicted molar refractivity (Wildman–Crippen MR) is 131 cm³/mol. The Morgan fingerprint density at radius 3 is 2.24 bits per heavy atom. The Hall–Kier alpha value is -3.65. The number of hydrogen-bond donors (Lipinski definition) is 5. The number of carbonyl (C=O) groups excluding carboxylic acids is 7. The van der Waals surface area contributed by atoms with Crippen molar-refractivity contribution in [1.82, 2.24) is 26.2 Å². The fourth-order valence-corrected chi connectivity index (χ4v) is 3.44. The Kier molecular flexibility index (Phi) is 14.3. The fraction of sp³-hybridized carbons (Fsp3) is 0.609. The molecule has 1 unspecified atom stereocenters. The van der Waals surface area contributed by atoms with Crippen molar-refractivity contribution in [2.75, 3.05) is 53.0 Å². The number of nitrogens with one attached hydrogen (secondary N) is 4. The smallest absolute Gasteiger partial charge is 0.246 e. The molecule has 37 heavy (non-hydrogen) atoms. The molecule has 6 N–H and O–H groups in total. The van der Waals surface area contributed by atoms with E-state index < -0.39 is 35.1 Å². The Labute approximate surface area is 215 Å². The molecule has 0 radical (unpaired) electrons. The minimum absolute atomic E-state index is 0.0229. The van der Waals surface area contributed by atoms with Crippen LogP contribution in [-0.4, -0.2) is 106 Å². The second-order valence-electron chi connectivity index (χ2n) is 8.58. The van der Waals surface area contributed by atoms with Gasteiger partial charge in [0.2, 0.25) is 29.5 Å². The monoisotopic (exact) mass is 524 g/mol. The molecular formula is C23H36N6O8. The molecule has 5 amide bonds. The van der Waals surface area contributed by atoms with E-state index in [1.54, 1.807) is 0 Å². The molecule has 1 atom stereocenters. The van der Waals surface area contributed by atoms with E-state index in [4.69, 9.17) is 10.5 Å². The van der Waals surface area contributed by atoms with Gasteiger partial charge < -0.3 is 41.4 Å². The number of amides is 5. The molecule has 1 rings (SSSR count). The Balaban J connectivity index is 2.31. The lowest BCUT2D eigenvalue weighted by Crippen LogP contribution is -2.47. The molecule has 0 aromatic heterocycles. The summed E-state index contributed by atoms with van der Waals surface area (Å²) in [5.74, 6) is -2.48. The molecule has 14 nitrogen and oxygen atoms in total. The number of likely N-dealkylation sites (N-methyl/N-ethyl adjacent to an activating group) is 1. The lowest BCUT2D eigenvalue weighted by molar-refractivity contribution is -0.138. The lowest BCUT2D eigenvalue weighted by Gasteiger charge is -2.38. The van der Waals surface area contributed by atoms with Crippen LogP contribution < -0.4 is 27.0 Å². The first kappa shape index (κ1) is 31.4. The number of nitrogens with two attached hydrogens (primary N) is 1. The molecule has 1 fully saturated rings. The molecule has 0 saturated heterocycles. The van der Waals surface area contributed by atoms with Crippen molar-refractivity contribution in [2.24, 2.45) is 11.1 Å². The largest absolute Gasteiger partial charge is 0.379 e. The summed E-state index contributed by atoms with van der Waals surface area (Å²) in [7, 11) is 1.44. The highest BCUT2D eigenvalue weighted by Crippen LogP contribution is 2.40. The highest BCUT2D eigenvalue weighted by Gasteiger charge is 2.42. The summed E-state index contributed by atoms with van der Waals surface area (Å²) in [6.45, 7) is 0.0454. The molecule has 1 aliphatic rings. The molecule has 0 heterocycles. The molecule has 0 aromatic carbocycles.